The van der Waals surface area contributed by atoms with Gasteiger partial charge in [-0.15, -0.1) is 11.3 Å². The fourth-order valence-corrected chi connectivity index (χ4v) is 3.57. The topological polar surface area (TPSA) is 68.0 Å². The van der Waals surface area contributed by atoms with Crippen molar-refractivity contribution in [3.63, 3.8) is 0 Å². The van der Waals surface area contributed by atoms with E-state index in [2.05, 4.69) is 17.2 Å². The van der Waals surface area contributed by atoms with Crippen LogP contribution in [0.15, 0.2) is 12.3 Å². The van der Waals surface area contributed by atoms with Gasteiger partial charge in [0.25, 0.3) is 5.91 Å². The summed E-state index contributed by atoms with van der Waals surface area (Å²) in [5, 5.41) is 4.01. The predicted molar refractivity (Wildman–Crippen MR) is 78.5 cm³/mol. The highest BCUT2D eigenvalue weighted by atomic mass is 32.1. The SMILES string of the molecule is Cc1ccnc2sc(C(=O)NC3(C)CCC3)c(N)c12. The summed E-state index contributed by atoms with van der Waals surface area (Å²) in [6.45, 7) is 4.07. The maximum Gasteiger partial charge on any atom is 0.263 e. The first-order valence-electron chi connectivity index (χ1n) is 6.46. The molecule has 3 rings (SSSR count). The minimum atomic E-state index is -0.0675. The van der Waals surface area contributed by atoms with Gasteiger partial charge in [0, 0.05) is 17.1 Å². The zero-order chi connectivity index (χ0) is 13.6. The molecule has 2 aromatic heterocycles. The number of nitrogen functional groups attached to an aromatic ring is 1. The van der Waals surface area contributed by atoms with Crippen molar-refractivity contribution in [1.82, 2.24) is 10.3 Å². The molecule has 2 aromatic rings. The van der Waals surface area contributed by atoms with Crippen LogP contribution in [-0.4, -0.2) is 16.4 Å². The minimum absolute atomic E-state index is 0.0534. The number of amides is 1. The fraction of sp³-hybridized carbons (Fsp3) is 0.429. The fourth-order valence-electron chi connectivity index (χ4n) is 2.54. The van der Waals surface area contributed by atoms with E-state index in [4.69, 9.17) is 5.73 Å². The molecule has 0 aromatic carbocycles. The van der Waals surface area contributed by atoms with Gasteiger partial charge in [-0.2, -0.15) is 0 Å². The second-order valence-electron chi connectivity index (χ2n) is 5.52. The van der Waals surface area contributed by atoms with Crippen LogP contribution in [0.1, 0.15) is 41.4 Å². The molecule has 19 heavy (non-hydrogen) atoms. The third-order valence-electron chi connectivity index (χ3n) is 3.92. The molecule has 0 aliphatic heterocycles. The molecule has 4 nitrogen and oxygen atoms in total. The van der Waals surface area contributed by atoms with Crippen LogP contribution < -0.4 is 11.1 Å². The normalized spacial score (nSPS) is 17.2. The highest BCUT2D eigenvalue weighted by molar-refractivity contribution is 7.21. The third kappa shape index (κ3) is 1.98. The molecule has 1 saturated carbocycles. The molecule has 1 aliphatic rings. The Morgan fingerprint density at radius 2 is 2.26 bits per heavy atom. The molecule has 5 heteroatoms. The number of hydrogen-bond acceptors (Lipinski definition) is 4. The number of anilines is 1. The van der Waals surface area contributed by atoms with E-state index in [1.54, 1.807) is 6.20 Å². The van der Waals surface area contributed by atoms with Gasteiger partial charge in [-0.25, -0.2) is 4.98 Å². The van der Waals surface area contributed by atoms with Crippen LogP contribution >= 0.6 is 11.3 Å². The summed E-state index contributed by atoms with van der Waals surface area (Å²) in [6, 6.07) is 1.92. The van der Waals surface area contributed by atoms with Crippen molar-refractivity contribution >= 4 is 33.1 Å². The van der Waals surface area contributed by atoms with Crippen LogP contribution in [0.2, 0.25) is 0 Å². The van der Waals surface area contributed by atoms with Gasteiger partial charge < -0.3 is 11.1 Å². The van der Waals surface area contributed by atoms with Gasteiger partial charge in [0.05, 0.1) is 5.69 Å². The maximum absolute atomic E-state index is 12.3. The van der Waals surface area contributed by atoms with Gasteiger partial charge in [-0.1, -0.05) is 0 Å². The van der Waals surface area contributed by atoms with Gasteiger partial charge in [-0.05, 0) is 44.7 Å². The van der Waals surface area contributed by atoms with E-state index < -0.39 is 0 Å². The summed E-state index contributed by atoms with van der Waals surface area (Å²) in [4.78, 5) is 18.1. The number of thiophene rings is 1. The molecule has 1 amide bonds. The maximum atomic E-state index is 12.3. The second-order valence-corrected chi connectivity index (χ2v) is 6.52. The smallest absolute Gasteiger partial charge is 0.263 e. The number of pyridine rings is 1. The zero-order valence-corrected chi connectivity index (χ0v) is 11.9. The van der Waals surface area contributed by atoms with Gasteiger partial charge in [0.1, 0.15) is 9.71 Å². The number of nitrogens with one attached hydrogen (secondary N) is 1. The van der Waals surface area contributed by atoms with Crippen molar-refractivity contribution in [3.05, 3.63) is 22.7 Å². The molecular weight excluding hydrogens is 258 g/mol. The monoisotopic (exact) mass is 275 g/mol. The number of nitrogens with two attached hydrogens (primary N) is 1. The molecule has 1 aliphatic carbocycles. The molecule has 0 radical (unpaired) electrons. The lowest BCUT2D eigenvalue weighted by atomic mass is 9.78. The molecule has 100 valence electrons. The summed E-state index contributed by atoms with van der Waals surface area (Å²) in [6.07, 6.45) is 5.02. The molecule has 0 spiro atoms. The summed E-state index contributed by atoms with van der Waals surface area (Å²) in [7, 11) is 0. The van der Waals surface area contributed by atoms with Crippen molar-refractivity contribution in [2.24, 2.45) is 0 Å². The number of carbonyl (C=O) groups is 1. The Hall–Kier alpha value is -1.62. The van der Waals surface area contributed by atoms with Crippen molar-refractivity contribution in [3.8, 4) is 0 Å². The molecule has 0 saturated heterocycles. The Balaban J connectivity index is 1.98. The number of aryl methyl sites for hydroxylation is 1. The number of carbonyl (C=O) groups excluding carboxylic acids is 1. The molecule has 1 fully saturated rings. The van der Waals surface area contributed by atoms with Crippen LogP contribution in [0, 0.1) is 6.92 Å². The van der Waals surface area contributed by atoms with E-state index in [1.807, 2.05) is 13.0 Å². The Labute approximate surface area is 116 Å². The standard InChI is InChI=1S/C14H17N3OS/c1-8-4-7-16-13-9(8)10(15)11(19-13)12(18)17-14(2)5-3-6-14/h4,7H,3,5-6,15H2,1-2H3,(H,17,18). The lowest BCUT2D eigenvalue weighted by Gasteiger charge is -2.39. The average Bonchev–Trinajstić information content (AvgIpc) is 2.66. The first-order chi connectivity index (χ1) is 9.00. The quantitative estimate of drug-likeness (QED) is 0.885. The highest BCUT2D eigenvalue weighted by Gasteiger charge is 2.34. The van der Waals surface area contributed by atoms with Crippen molar-refractivity contribution in [2.45, 2.75) is 38.6 Å². The predicted octanol–water partition coefficient (Wildman–Crippen LogP) is 2.86. The molecule has 2 heterocycles. The number of aromatic nitrogens is 1. The second kappa shape index (κ2) is 4.20. The Kier molecular flexibility index (Phi) is 2.74. The van der Waals surface area contributed by atoms with Crippen molar-refractivity contribution in [1.29, 1.82) is 0 Å². The van der Waals surface area contributed by atoms with Crippen molar-refractivity contribution in [2.75, 3.05) is 5.73 Å². The third-order valence-corrected chi connectivity index (χ3v) is 5.03. The average molecular weight is 275 g/mol. The van der Waals surface area contributed by atoms with Crippen LogP contribution in [-0.2, 0) is 0 Å². The van der Waals surface area contributed by atoms with E-state index in [-0.39, 0.29) is 11.4 Å². The Morgan fingerprint density at radius 3 is 2.84 bits per heavy atom. The molecule has 0 bridgehead atoms. The summed E-state index contributed by atoms with van der Waals surface area (Å²) < 4.78 is 0. The summed E-state index contributed by atoms with van der Waals surface area (Å²) in [5.41, 5.74) is 7.70. The number of nitrogens with zero attached hydrogens (tertiary/aromatic N) is 1. The van der Waals surface area contributed by atoms with Gasteiger partial charge >= 0.3 is 0 Å². The molecule has 3 N–H and O–H groups in total. The number of rotatable bonds is 2. The van der Waals surface area contributed by atoms with Gasteiger partial charge in [0.2, 0.25) is 0 Å². The first kappa shape index (κ1) is 12.4. The van der Waals surface area contributed by atoms with E-state index in [0.29, 0.717) is 10.6 Å². The number of hydrogen-bond donors (Lipinski definition) is 2. The van der Waals surface area contributed by atoms with E-state index in [0.717, 1.165) is 28.6 Å². The van der Waals surface area contributed by atoms with E-state index in [9.17, 15) is 4.79 Å². The van der Waals surface area contributed by atoms with Crippen LogP contribution in [0.4, 0.5) is 5.69 Å². The van der Waals surface area contributed by atoms with Gasteiger partial charge in [0.15, 0.2) is 0 Å². The zero-order valence-electron chi connectivity index (χ0n) is 11.1. The highest BCUT2D eigenvalue weighted by Crippen LogP contribution is 2.36. The number of fused-ring (bicyclic) bond motifs is 1. The summed E-state index contributed by atoms with van der Waals surface area (Å²) >= 11 is 1.37. The first-order valence-corrected chi connectivity index (χ1v) is 7.28. The largest absolute Gasteiger partial charge is 0.397 e. The molecule has 0 unspecified atom stereocenters. The van der Waals surface area contributed by atoms with Crippen LogP contribution in [0.5, 0.6) is 0 Å². The lowest BCUT2D eigenvalue weighted by Crippen LogP contribution is -2.50. The minimum Gasteiger partial charge on any atom is -0.397 e. The molecule has 0 atom stereocenters. The van der Waals surface area contributed by atoms with Crippen molar-refractivity contribution < 1.29 is 4.79 Å². The Morgan fingerprint density at radius 1 is 1.53 bits per heavy atom. The van der Waals surface area contributed by atoms with Crippen LogP contribution in [0.3, 0.4) is 0 Å². The lowest BCUT2D eigenvalue weighted by molar-refractivity contribution is 0.0855. The van der Waals surface area contributed by atoms with E-state index >= 15 is 0 Å². The molecular formula is C14H17N3OS. The van der Waals surface area contributed by atoms with Crippen LogP contribution in [0.25, 0.3) is 10.2 Å². The van der Waals surface area contributed by atoms with E-state index in [1.165, 1.54) is 17.8 Å². The Bertz CT molecular complexity index is 658. The summed E-state index contributed by atoms with van der Waals surface area (Å²) in [5.74, 6) is -0.0675. The van der Waals surface area contributed by atoms with Gasteiger partial charge in [-0.3, -0.25) is 4.79 Å².